The van der Waals surface area contributed by atoms with Crippen molar-refractivity contribution in [3.63, 3.8) is 0 Å². The van der Waals surface area contributed by atoms with Gasteiger partial charge >= 0.3 is 5.97 Å². The maximum Gasteiger partial charge on any atom is 0.307 e. The van der Waals surface area contributed by atoms with Crippen LogP contribution in [-0.4, -0.2) is 36.8 Å². The van der Waals surface area contributed by atoms with Crippen LogP contribution in [0.4, 0.5) is 0 Å². The Morgan fingerprint density at radius 2 is 2.40 bits per heavy atom. The van der Waals surface area contributed by atoms with Crippen molar-refractivity contribution in [1.82, 2.24) is 10.3 Å². The van der Waals surface area contributed by atoms with E-state index in [4.69, 9.17) is 9.47 Å². The molecule has 2 rings (SSSR count). The van der Waals surface area contributed by atoms with E-state index >= 15 is 0 Å². The van der Waals surface area contributed by atoms with Crippen molar-refractivity contribution in [2.24, 2.45) is 0 Å². The second kappa shape index (κ2) is 6.81. The van der Waals surface area contributed by atoms with Gasteiger partial charge in [-0.1, -0.05) is 6.07 Å². The van der Waals surface area contributed by atoms with E-state index in [2.05, 4.69) is 16.4 Å². The van der Waals surface area contributed by atoms with Crippen molar-refractivity contribution in [2.75, 3.05) is 20.3 Å². The molecule has 1 aliphatic heterocycles. The van der Waals surface area contributed by atoms with Crippen molar-refractivity contribution in [3.05, 3.63) is 29.6 Å². The molecule has 0 saturated carbocycles. The number of ether oxygens (including phenoxy) is 2. The van der Waals surface area contributed by atoms with E-state index in [0.29, 0.717) is 19.6 Å². The number of hydrogen-bond acceptors (Lipinski definition) is 5. The van der Waals surface area contributed by atoms with Gasteiger partial charge in [0.05, 0.1) is 25.7 Å². The molecule has 1 aliphatic rings. The summed E-state index contributed by atoms with van der Waals surface area (Å²) in [4.78, 5) is 15.8. The van der Waals surface area contributed by atoms with Crippen molar-refractivity contribution >= 4 is 5.97 Å². The zero-order valence-corrected chi connectivity index (χ0v) is 12.1. The van der Waals surface area contributed by atoms with Crippen LogP contribution in [0.1, 0.15) is 30.4 Å². The monoisotopic (exact) mass is 278 g/mol. The average molecular weight is 278 g/mol. The van der Waals surface area contributed by atoms with Crippen LogP contribution in [0.3, 0.4) is 0 Å². The molecule has 1 aromatic heterocycles. The lowest BCUT2D eigenvalue weighted by Gasteiger charge is -2.37. The van der Waals surface area contributed by atoms with Crippen molar-refractivity contribution < 1.29 is 14.3 Å². The summed E-state index contributed by atoms with van der Waals surface area (Å²) in [6.45, 7) is 4.00. The third-order valence-electron chi connectivity index (χ3n) is 3.63. The summed E-state index contributed by atoms with van der Waals surface area (Å²) >= 11 is 0. The fourth-order valence-corrected chi connectivity index (χ4v) is 2.55. The molecule has 2 heterocycles. The molecule has 1 N–H and O–H groups in total. The van der Waals surface area contributed by atoms with Gasteiger partial charge < -0.3 is 14.8 Å². The van der Waals surface area contributed by atoms with Crippen LogP contribution in [0, 0.1) is 6.92 Å². The molecule has 1 atom stereocenters. The Hall–Kier alpha value is -1.46. The van der Waals surface area contributed by atoms with Gasteiger partial charge in [-0.15, -0.1) is 0 Å². The highest BCUT2D eigenvalue weighted by Gasteiger charge is 2.35. The number of nitrogens with zero attached hydrogens (tertiary/aromatic N) is 1. The number of hydrogen-bond donors (Lipinski definition) is 1. The number of carbonyl (C=O) groups is 1. The van der Waals surface area contributed by atoms with E-state index in [1.54, 1.807) is 0 Å². The van der Waals surface area contributed by atoms with Crippen molar-refractivity contribution in [1.29, 1.82) is 0 Å². The number of pyridine rings is 1. The largest absolute Gasteiger partial charge is 0.469 e. The highest BCUT2D eigenvalue weighted by molar-refractivity contribution is 5.70. The van der Waals surface area contributed by atoms with Gasteiger partial charge in [0, 0.05) is 25.5 Å². The molecule has 5 heteroatoms. The standard InChI is InChI=1S/C15H22N2O3/c1-12-6-13(9-16-8-12)10-17-15(7-14(18)19-2)4-3-5-20-11-15/h6,8-9,17H,3-5,7,10-11H2,1-2H3/t15-/m0/s1. The maximum absolute atomic E-state index is 11.6. The lowest BCUT2D eigenvalue weighted by Crippen LogP contribution is -2.52. The fraction of sp³-hybridized carbons (Fsp3) is 0.600. The molecule has 1 fully saturated rings. The maximum atomic E-state index is 11.6. The first-order valence-corrected chi connectivity index (χ1v) is 6.94. The summed E-state index contributed by atoms with van der Waals surface area (Å²) in [5.74, 6) is -0.203. The number of nitrogens with one attached hydrogen (secondary N) is 1. The zero-order valence-electron chi connectivity index (χ0n) is 12.1. The van der Waals surface area contributed by atoms with Gasteiger partial charge in [-0.25, -0.2) is 0 Å². The second-order valence-electron chi connectivity index (χ2n) is 5.41. The van der Waals surface area contributed by atoms with Gasteiger partial charge in [0.2, 0.25) is 0 Å². The zero-order chi connectivity index (χ0) is 14.4. The van der Waals surface area contributed by atoms with Crippen LogP contribution in [0.5, 0.6) is 0 Å². The Balaban J connectivity index is 2.02. The van der Waals surface area contributed by atoms with Gasteiger partial charge in [0.25, 0.3) is 0 Å². The minimum atomic E-state index is -0.324. The van der Waals surface area contributed by atoms with E-state index in [9.17, 15) is 4.79 Å². The number of carbonyl (C=O) groups excluding carboxylic acids is 1. The van der Waals surface area contributed by atoms with Crippen LogP contribution >= 0.6 is 0 Å². The number of esters is 1. The first-order valence-electron chi connectivity index (χ1n) is 6.94. The fourth-order valence-electron chi connectivity index (χ4n) is 2.55. The predicted molar refractivity (Wildman–Crippen MR) is 75.2 cm³/mol. The van der Waals surface area contributed by atoms with E-state index in [-0.39, 0.29) is 11.5 Å². The lowest BCUT2D eigenvalue weighted by molar-refractivity contribution is -0.144. The van der Waals surface area contributed by atoms with Crippen molar-refractivity contribution in [3.8, 4) is 0 Å². The van der Waals surface area contributed by atoms with Gasteiger partial charge in [-0.2, -0.15) is 0 Å². The van der Waals surface area contributed by atoms with Crippen LogP contribution in [0.15, 0.2) is 18.5 Å². The molecule has 1 aromatic rings. The summed E-state index contributed by atoms with van der Waals surface area (Å²) in [6, 6.07) is 2.09. The smallest absolute Gasteiger partial charge is 0.307 e. The second-order valence-corrected chi connectivity index (χ2v) is 5.41. The van der Waals surface area contributed by atoms with E-state index in [1.807, 2.05) is 19.3 Å². The van der Waals surface area contributed by atoms with Gasteiger partial charge in [0.1, 0.15) is 0 Å². The SMILES string of the molecule is COC(=O)C[C@@]1(NCc2cncc(C)c2)CCCOC1. The summed E-state index contributed by atoms with van der Waals surface area (Å²) in [5, 5.41) is 3.48. The Kier molecular flexibility index (Phi) is 5.09. The predicted octanol–water partition coefficient (Wildman–Crippen LogP) is 1.59. The summed E-state index contributed by atoms with van der Waals surface area (Å²) < 4.78 is 10.4. The highest BCUT2D eigenvalue weighted by Crippen LogP contribution is 2.24. The summed E-state index contributed by atoms with van der Waals surface area (Å²) in [7, 11) is 1.42. The van der Waals surface area contributed by atoms with Crippen LogP contribution in [0.2, 0.25) is 0 Å². The van der Waals surface area contributed by atoms with E-state index < -0.39 is 0 Å². The van der Waals surface area contributed by atoms with Gasteiger partial charge in [-0.3, -0.25) is 9.78 Å². The average Bonchev–Trinajstić information content (AvgIpc) is 2.46. The number of rotatable bonds is 5. The molecule has 20 heavy (non-hydrogen) atoms. The topological polar surface area (TPSA) is 60.5 Å². The van der Waals surface area contributed by atoms with Gasteiger partial charge in [0.15, 0.2) is 0 Å². The molecule has 0 aliphatic carbocycles. The number of methoxy groups -OCH3 is 1. The Bertz CT molecular complexity index is 456. The number of aromatic nitrogens is 1. The van der Waals surface area contributed by atoms with E-state index in [1.165, 1.54) is 7.11 Å². The van der Waals surface area contributed by atoms with Gasteiger partial charge in [-0.05, 0) is 30.9 Å². The Morgan fingerprint density at radius 1 is 1.55 bits per heavy atom. The normalized spacial score (nSPS) is 22.5. The molecule has 0 amide bonds. The van der Waals surface area contributed by atoms with Crippen LogP contribution in [-0.2, 0) is 20.8 Å². The quantitative estimate of drug-likeness (QED) is 0.829. The molecule has 0 bridgehead atoms. The van der Waals surface area contributed by atoms with E-state index in [0.717, 1.165) is 30.6 Å². The molecule has 0 unspecified atom stereocenters. The minimum absolute atomic E-state index is 0.203. The third-order valence-corrected chi connectivity index (χ3v) is 3.63. The molecule has 0 radical (unpaired) electrons. The summed E-state index contributed by atoms with van der Waals surface area (Å²) in [5.41, 5.74) is 1.92. The molecule has 110 valence electrons. The minimum Gasteiger partial charge on any atom is -0.469 e. The molecular weight excluding hydrogens is 256 g/mol. The highest BCUT2D eigenvalue weighted by atomic mass is 16.5. The lowest BCUT2D eigenvalue weighted by atomic mass is 9.88. The van der Waals surface area contributed by atoms with Crippen LogP contribution in [0.25, 0.3) is 0 Å². The first kappa shape index (κ1) is 14.9. The van der Waals surface area contributed by atoms with Crippen molar-refractivity contribution in [2.45, 2.75) is 38.3 Å². The van der Waals surface area contributed by atoms with Crippen LogP contribution < -0.4 is 5.32 Å². The summed E-state index contributed by atoms with van der Waals surface area (Å²) in [6.07, 6.45) is 5.88. The Morgan fingerprint density at radius 3 is 3.05 bits per heavy atom. The molecule has 0 aromatic carbocycles. The molecular formula is C15H22N2O3. The molecule has 0 spiro atoms. The first-order chi connectivity index (χ1) is 9.63. The molecule has 1 saturated heterocycles. The third kappa shape index (κ3) is 4.02. The Labute approximate surface area is 119 Å². The number of aryl methyl sites for hydroxylation is 1. The molecule has 5 nitrogen and oxygen atoms in total.